The van der Waals surface area contributed by atoms with Gasteiger partial charge in [0.2, 0.25) is 0 Å². The Morgan fingerprint density at radius 2 is 1.80 bits per heavy atom. The number of ether oxygens (including phenoxy) is 1. The van der Waals surface area contributed by atoms with Gasteiger partial charge in [-0.2, -0.15) is 5.26 Å². The van der Waals surface area contributed by atoms with Crippen molar-refractivity contribution < 1.29 is 13.9 Å². The summed E-state index contributed by atoms with van der Waals surface area (Å²) in [6, 6.07) is 17.0. The molecule has 0 atom stereocenters. The Labute approximate surface area is 146 Å². The minimum atomic E-state index is -0.458. The number of rotatable bonds is 2. The first-order valence-corrected chi connectivity index (χ1v) is 7.95. The normalized spacial score (nSPS) is 9.72. The van der Waals surface area contributed by atoms with E-state index in [1.807, 2.05) is 44.2 Å². The van der Waals surface area contributed by atoms with Gasteiger partial charge in [-0.3, -0.25) is 0 Å². The topological polar surface area (TPSA) is 50.1 Å². The summed E-state index contributed by atoms with van der Waals surface area (Å²) in [5.74, 6) is -0.887. The molecule has 0 aliphatic rings. The van der Waals surface area contributed by atoms with Gasteiger partial charge in [-0.25, -0.2) is 9.18 Å². The summed E-state index contributed by atoms with van der Waals surface area (Å²) in [7, 11) is 1.33. The van der Waals surface area contributed by atoms with Crippen LogP contribution >= 0.6 is 0 Å². The van der Waals surface area contributed by atoms with E-state index in [2.05, 4.69) is 0 Å². The second-order valence-corrected chi connectivity index (χ2v) is 5.03. The Balaban J connectivity index is 0.00000109. The van der Waals surface area contributed by atoms with Crippen LogP contribution in [0.2, 0.25) is 0 Å². The standard InChI is InChI=1S/C19H12FNO2.C2H6/c1-23-19(22)13-6-5-12-3-2-4-17(18(12)10-13)16-8-7-15(20)9-14(16)11-21;1-2/h2-10H,1H3;1-2H3. The van der Waals surface area contributed by atoms with Crippen molar-refractivity contribution in [3.05, 3.63) is 71.5 Å². The summed E-state index contributed by atoms with van der Waals surface area (Å²) in [6.07, 6.45) is 0. The molecular formula is C21H18FNO2. The van der Waals surface area contributed by atoms with Crippen molar-refractivity contribution in [3.63, 3.8) is 0 Å². The number of hydrogen-bond donors (Lipinski definition) is 0. The molecule has 0 N–H and O–H groups in total. The zero-order chi connectivity index (χ0) is 18.4. The molecule has 3 rings (SSSR count). The van der Waals surface area contributed by atoms with Gasteiger partial charge in [-0.15, -0.1) is 0 Å². The SMILES string of the molecule is CC.COC(=O)c1ccc2cccc(-c3ccc(F)cc3C#N)c2c1. The van der Waals surface area contributed by atoms with Gasteiger partial charge in [0.1, 0.15) is 5.82 Å². The van der Waals surface area contributed by atoms with Gasteiger partial charge in [0.15, 0.2) is 0 Å². The Hall–Kier alpha value is -3.19. The minimum Gasteiger partial charge on any atom is -0.465 e. The van der Waals surface area contributed by atoms with E-state index in [9.17, 15) is 14.4 Å². The Kier molecular flexibility index (Phi) is 5.86. The van der Waals surface area contributed by atoms with Crippen LogP contribution in [0.5, 0.6) is 0 Å². The summed E-state index contributed by atoms with van der Waals surface area (Å²) in [5.41, 5.74) is 2.07. The zero-order valence-corrected chi connectivity index (χ0v) is 14.3. The van der Waals surface area contributed by atoms with Gasteiger partial charge in [0.25, 0.3) is 0 Å². The van der Waals surface area contributed by atoms with Crippen molar-refractivity contribution in [2.45, 2.75) is 13.8 Å². The zero-order valence-electron chi connectivity index (χ0n) is 14.3. The van der Waals surface area contributed by atoms with E-state index in [1.54, 1.807) is 18.2 Å². The highest BCUT2D eigenvalue weighted by molar-refractivity contribution is 6.02. The first-order chi connectivity index (χ1) is 12.1. The van der Waals surface area contributed by atoms with Crippen LogP contribution in [0.1, 0.15) is 29.8 Å². The van der Waals surface area contributed by atoms with Crippen molar-refractivity contribution in [3.8, 4) is 17.2 Å². The highest BCUT2D eigenvalue weighted by atomic mass is 19.1. The minimum absolute atomic E-state index is 0.251. The second kappa shape index (κ2) is 8.07. The van der Waals surface area contributed by atoms with Crippen LogP contribution in [0.4, 0.5) is 4.39 Å². The lowest BCUT2D eigenvalue weighted by atomic mass is 9.94. The molecule has 0 aliphatic carbocycles. The van der Waals surface area contributed by atoms with Gasteiger partial charge in [-0.05, 0) is 40.6 Å². The molecule has 0 aromatic heterocycles. The monoisotopic (exact) mass is 335 g/mol. The number of hydrogen-bond acceptors (Lipinski definition) is 3. The molecule has 0 saturated heterocycles. The molecule has 0 aliphatic heterocycles. The molecule has 4 heteroatoms. The van der Waals surface area contributed by atoms with Gasteiger partial charge < -0.3 is 4.74 Å². The number of benzene rings is 3. The first-order valence-electron chi connectivity index (χ1n) is 7.95. The lowest BCUT2D eigenvalue weighted by Gasteiger charge is -2.10. The first kappa shape index (κ1) is 18.2. The lowest BCUT2D eigenvalue weighted by molar-refractivity contribution is 0.0601. The molecule has 3 aromatic carbocycles. The molecule has 3 aromatic rings. The molecule has 25 heavy (non-hydrogen) atoms. The van der Waals surface area contributed by atoms with E-state index in [0.29, 0.717) is 11.1 Å². The van der Waals surface area contributed by atoms with Crippen LogP contribution in [-0.2, 0) is 4.74 Å². The fourth-order valence-corrected chi connectivity index (χ4v) is 2.60. The molecule has 0 amide bonds. The maximum Gasteiger partial charge on any atom is 0.337 e. The van der Waals surface area contributed by atoms with E-state index < -0.39 is 11.8 Å². The Morgan fingerprint density at radius 3 is 2.48 bits per heavy atom. The van der Waals surface area contributed by atoms with E-state index in [1.165, 1.54) is 19.2 Å². The summed E-state index contributed by atoms with van der Waals surface area (Å²) in [4.78, 5) is 11.7. The predicted octanol–water partition coefficient (Wildman–Crippen LogP) is 5.33. The van der Waals surface area contributed by atoms with E-state index >= 15 is 0 Å². The van der Waals surface area contributed by atoms with Crippen LogP contribution in [0.3, 0.4) is 0 Å². The van der Waals surface area contributed by atoms with Gasteiger partial charge >= 0.3 is 5.97 Å². The number of carbonyl (C=O) groups excluding carboxylic acids is 1. The molecule has 126 valence electrons. The van der Waals surface area contributed by atoms with Crippen molar-refractivity contribution in [2.75, 3.05) is 7.11 Å². The summed E-state index contributed by atoms with van der Waals surface area (Å²) in [6.45, 7) is 4.00. The number of nitriles is 1. The summed E-state index contributed by atoms with van der Waals surface area (Å²) >= 11 is 0. The van der Waals surface area contributed by atoms with Crippen LogP contribution in [-0.4, -0.2) is 13.1 Å². The third-order valence-corrected chi connectivity index (χ3v) is 3.70. The number of fused-ring (bicyclic) bond motifs is 1. The van der Waals surface area contributed by atoms with Crippen LogP contribution < -0.4 is 0 Å². The quantitative estimate of drug-likeness (QED) is 0.595. The van der Waals surface area contributed by atoms with Crippen molar-refractivity contribution in [2.24, 2.45) is 0 Å². The number of esters is 1. The predicted molar refractivity (Wildman–Crippen MR) is 96.7 cm³/mol. The average molecular weight is 335 g/mol. The highest BCUT2D eigenvalue weighted by Gasteiger charge is 2.12. The van der Waals surface area contributed by atoms with Crippen molar-refractivity contribution in [1.82, 2.24) is 0 Å². The van der Waals surface area contributed by atoms with Crippen molar-refractivity contribution in [1.29, 1.82) is 5.26 Å². The molecule has 0 fully saturated rings. The smallest absolute Gasteiger partial charge is 0.337 e. The fraction of sp³-hybridized carbons (Fsp3) is 0.143. The number of halogens is 1. The molecular weight excluding hydrogens is 317 g/mol. The third-order valence-electron chi connectivity index (χ3n) is 3.70. The maximum atomic E-state index is 13.4. The molecule has 0 spiro atoms. The number of nitrogens with zero attached hydrogens (tertiary/aromatic N) is 1. The van der Waals surface area contributed by atoms with Gasteiger partial charge in [-0.1, -0.05) is 44.2 Å². The largest absolute Gasteiger partial charge is 0.465 e. The van der Waals surface area contributed by atoms with Crippen LogP contribution in [0.15, 0.2) is 54.6 Å². The highest BCUT2D eigenvalue weighted by Crippen LogP contribution is 2.32. The fourth-order valence-electron chi connectivity index (χ4n) is 2.60. The second-order valence-electron chi connectivity index (χ2n) is 5.03. The Morgan fingerprint density at radius 1 is 1.04 bits per heavy atom. The molecule has 0 heterocycles. The summed E-state index contributed by atoms with van der Waals surface area (Å²) < 4.78 is 18.1. The van der Waals surface area contributed by atoms with E-state index in [-0.39, 0.29) is 5.56 Å². The van der Waals surface area contributed by atoms with Crippen LogP contribution in [0, 0.1) is 17.1 Å². The molecule has 0 unspecified atom stereocenters. The van der Waals surface area contributed by atoms with Crippen LogP contribution in [0.25, 0.3) is 21.9 Å². The molecule has 0 radical (unpaired) electrons. The van der Waals surface area contributed by atoms with E-state index in [4.69, 9.17) is 4.74 Å². The van der Waals surface area contributed by atoms with Crippen molar-refractivity contribution >= 4 is 16.7 Å². The van der Waals surface area contributed by atoms with E-state index in [0.717, 1.165) is 16.3 Å². The van der Waals surface area contributed by atoms with Gasteiger partial charge in [0, 0.05) is 5.56 Å². The van der Waals surface area contributed by atoms with Gasteiger partial charge in [0.05, 0.1) is 24.3 Å². The maximum absolute atomic E-state index is 13.4. The molecule has 3 nitrogen and oxygen atoms in total. The molecule has 0 saturated carbocycles. The summed E-state index contributed by atoms with van der Waals surface area (Å²) in [5, 5.41) is 11.0. The molecule has 0 bridgehead atoms. The number of carbonyl (C=O) groups is 1. The lowest BCUT2D eigenvalue weighted by Crippen LogP contribution is -2.00. The average Bonchev–Trinajstić information content (AvgIpc) is 2.68. The Bertz CT molecular complexity index is 958. The number of methoxy groups -OCH3 is 1. The third kappa shape index (κ3) is 3.67.